The standard InChI is InChI=1S/C13H21NO2/c1-10(2)12(15)8-6-5-7-9-14-13(16)11(3)4/h1,3,5-9H2,2,4H3,(H,14,16). The van der Waals surface area contributed by atoms with Gasteiger partial charge in [0.05, 0.1) is 0 Å². The Hall–Kier alpha value is -1.38. The van der Waals surface area contributed by atoms with Gasteiger partial charge >= 0.3 is 0 Å². The Bertz CT molecular complexity index is 262. The maximum Gasteiger partial charge on any atom is 0.246 e. The largest absolute Gasteiger partial charge is 0.352 e. The van der Waals surface area contributed by atoms with Crippen molar-refractivity contribution in [3.8, 4) is 0 Å². The summed E-state index contributed by atoms with van der Waals surface area (Å²) < 4.78 is 0. The molecule has 0 unspecified atom stereocenters. The highest BCUT2D eigenvalue weighted by Gasteiger charge is 2.02. The van der Waals surface area contributed by atoms with Crippen LogP contribution in [0.3, 0.4) is 0 Å². The highest BCUT2D eigenvalue weighted by atomic mass is 16.1. The van der Waals surface area contributed by atoms with Gasteiger partial charge in [0, 0.05) is 18.5 Å². The average molecular weight is 223 g/mol. The van der Waals surface area contributed by atoms with E-state index in [-0.39, 0.29) is 11.7 Å². The van der Waals surface area contributed by atoms with Gasteiger partial charge < -0.3 is 5.32 Å². The summed E-state index contributed by atoms with van der Waals surface area (Å²) in [6, 6.07) is 0. The predicted octanol–water partition coefficient (Wildman–Crippen LogP) is 2.38. The lowest BCUT2D eigenvalue weighted by Crippen LogP contribution is -2.24. The Morgan fingerprint density at radius 3 is 2.12 bits per heavy atom. The second kappa shape index (κ2) is 7.85. The summed E-state index contributed by atoms with van der Waals surface area (Å²) >= 11 is 0. The number of carbonyl (C=O) groups excluding carboxylic acids is 2. The Balaban J connectivity index is 3.41. The number of nitrogens with one attached hydrogen (secondary N) is 1. The fourth-order valence-electron chi connectivity index (χ4n) is 1.15. The van der Waals surface area contributed by atoms with Gasteiger partial charge in [-0.15, -0.1) is 0 Å². The fourth-order valence-corrected chi connectivity index (χ4v) is 1.15. The van der Waals surface area contributed by atoms with Gasteiger partial charge in [0.1, 0.15) is 0 Å². The van der Waals surface area contributed by atoms with Crippen molar-refractivity contribution in [2.24, 2.45) is 0 Å². The molecule has 3 nitrogen and oxygen atoms in total. The third-order valence-corrected chi connectivity index (χ3v) is 2.23. The SMILES string of the molecule is C=C(C)C(=O)CCCCCNC(=O)C(=C)C. The lowest BCUT2D eigenvalue weighted by Gasteiger charge is -2.04. The number of hydrogen-bond acceptors (Lipinski definition) is 2. The first-order valence-electron chi connectivity index (χ1n) is 5.57. The molecule has 0 rings (SSSR count). The molecule has 3 heteroatoms. The minimum absolute atomic E-state index is 0.0991. The highest BCUT2D eigenvalue weighted by molar-refractivity contribution is 5.94. The van der Waals surface area contributed by atoms with Gasteiger partial charge in [0.25, 0.3) is 0 Å². The number of Topliss-reactive ketones (excluding diaryl/α,β-unsaturated/α-hetero) is 1. The number of carbonyl (C=O) groups is 2. The smallest absolute Gasteiger partial charge is 0.246 e. The zero-order valence-corrected chi connectivity index (χ0v) is 10.3. The maximum atomic E-state index is 11.2. The van der Waals surface area contributed by atoms with E-state index in [4.69, 9.17) is 0 Å². The Morgan fingerprint density at radius 2 is 1.62 bits per heavy atom. The number of allylic oxidation sites excluding steroid dienone is 1. The molecule has 0 heterocycles. The summed E-state index contributed by atoms with van der Waals surface area (Å²) in [6.45, 7) is 11.2. The first kappa shape index (κ1) is 14.6. The molecule has 90 valence electrons. The molecule has 1 N–H and O–H groups in total. The first-order chi connectivity index (χ1) is 7.45. The second-order valence-corrected chi connectivity index (χ2v) is 4.05. The normalized spacial score (nSPS) is 9.62. The van der Waals surface area contributed by atoms with E-state index in [1.807, 2.05) is 0 Å². The van der Waals surface area contributed by atoms with Crippen molar-refractivity contribution in [2.45, 2.75) is 39.5 Å². The van der Waals surface area contributed by atoms with Crippen molar-refractivity contribution >= 4 is 11.7 Å². The van der Waals surface area contributed by atoms with Gasteiger partial charge in [0.2, 0.25) is 5.91 Å². The van der Waals surface area contributed by atoms with Gasteiger partial charge in [-0.25, -0.2) is 0 Å². The van der Waals surface area contributed by atoms with Gasteiger partial charge in [-0.2, -0.15) is 0 Å². The molecule has 1 amide bonds. The van der Waals surface area contributed by atoms with Gasteiger partial charge in [-0.3, -0.25) is 9.59 Å². The van der Waals surface area contributed by atoms with Gasteiger partial charge in [-0.1, -0.05) is 19.6 Å². The quantitative estimate of drug-likeness (QED) is 0.507. The number of rotatable bonds is 8. The molecule has 16 heavy (non-hydrogen) atoms. The van der Waals surface area contributed by atoms with Crippen LogP contribution in [0.15, 0.2) is 24.3 Å². The third kappa shape index (κ3) is 6.98. The minimum atomic E-state index is -0.0991. The van der Waals surface area contributed by atoms with Crippen molar-refractivity contribution in [1.82, 2.24) is 5.32 Å². The molecule has 0 aromatic rings. The molecule has 0 aromatic carbocycles. The Morgan fingerprint density at radius 1 is 1.00 bits per heavy atom. The van der Waals surface area contributed by atoms with Crippen LogP contribution in [0.4, 0.5) is 0 Å². The van der Waals surface area contributed by atoms with E-state index in [9.17, 15) is 9.59 Å². The minimum Gasteiger partial charge on any atom is -0.352 e. The summed E-state index contributed by atoms with van der Waals surface area (Å²) in [4.78, 5) is 22.3. The number of unbranched alkanes of at least 4 members (excludes halogenated alkanes) is 2. The van der Waals surface area contributed by atoms with Crippen molar-refractivity contribution in [2.75, 3.05) is 6.54 Å². The molecular formula is C13H21NO2. The molecular weight excluding hydrogens is 202 g/mol. The summed E-state index contributed by atoms with van der Waals surface area (Å²) in [5, 5.41) is 2.75. The topological polar surface area (TPSA) is 46.2 Å². The molecule has 0 aliphatic heterocycles. The molecule has 0 aliphatic carbocycles. The molecule has 0 radical (unpaired) electrons. The summed E-state index contributed by atoms with van der Waals surface area (Å²) in [5.41, 5.74) is 1.15. The van der Waals surface area contributed by atoms with Crippen molar-refractivity contribution in [1.29, 1.82) is 0 Å². The van der Waals surface area contributed by atoms with Crippen molar-refractivity contribution in [3.63, 3.8) is 0 Å². The molecule has 0 aromatic heterocycles. The number of ketones is 1. The highest BCUT2D eigenvalue weighted by Crippen LogP contribution is 2.04. The van der Waals surface area contributed by atoms with E-state index >= 15 is 0 Å². The van der Waals surface area contributed by atoms with Crippen LogP contribution in [-0.2, 0) is 9.59 Å². The molecule has 0 spiro atoms. The monoisotopic (exact) mass is 223 g/mol. The van der Waals surface area contributed by atoms with Crippen LogP contribution in [0.5, 0.6) is 0 Å². The Labute approximate surface area is 97.6 Å². The predicted molar refractivity (Wildman–Crippen MR) is 66.1 cm³/mol. The second-order valence-electron chi connectivity index (χ2n) is 4.05. The lowest BCUT2D eigenvalue weighted by atomic mass is 10.1. The number of hydrogen-bond donors (Lipinski definition) is 1. The van der Waals surface area contributed by atoms with E-state index in [2.05, 4.69) is 18.5 Å². The zero-order valence-electron chi connectivity index (χ0n) is 10.3. The van der Waals surface area contributed by atoms with Crippen LogP contribution in [0.1, 0.15) is 39.5 Å². The van der Waals surface area contributed by atoms with Crippen LogP contribution in [0.2, 0.25) is 0 Å². The third-order valence-electron chi connectivity index (χ3n) is 2.23. The lowest BCUT2D eigenvalue weighted by molar-refractivity contribution is -0.117. The molecule has 0 fully saturated rings. The maximum absolute atomic E-state index is 11.2. The first-order valence-corrected chi connectivity index (χ1v) is 5.57. The van der Waals surface area contributed by atoms with E-state index in [0.717, 1.165) is 19.3 Å². The van der Waals surface area contributed by atoms with E-state index in [1.54, 1.807) is 13.8 Å². The average Bonchev–Trinajstić information content (AvgIpc) is 2.21. The van der Waals surface area contributed by atoms with Crippen LogP contribution < -0.4 is 5.32 Å². The molecule has 0 aliphatic rings. The fraction of sp³-hybridized carbons (Fsp3) is 0.538. The van der Waals surface area contributed by atoms with Gasteiger partial charge in [0.15, 0.2) is 5.78 Å². The summed E-state index contributed by atoms with van der Waals surface area (Å²) in [7, 11) is 0. The summed E-state index contributed by atoms with van der Waals surface area (Å²) in [5.74, 6) is 0.0315. The zero-order chi connectivity index (χ0) is 12.6. The van der Waals surface area contributed by atoms with E-state index in [1.165, 1.54) is 0 Å². The van der Waals surface area contributed by atoms with Crippen LogP contribution in [-0.4, -0.2) is 18.2 Å². The number of amides is 1. The van der Waals surface area contributed by atoms with Crippen LogP contribution >= 0.6 is 0 Å². The molecule has 0 saturated carbocycles. The summed E-state index contributed by atoms with van der Waals surface area (Å²) in [6.07, 6.45) is 3.25. The van der Waals surface area contributed by atoms with E-state index in [0.29, 0.717) is 24.1 Å². The molecule has 0 atom stereocenters. The molecule has 0 bridgehead atoms. The molecule has 0 saturated heterocycles. The van der Waals surface area contributed by atoms with Gasteiger partial charge in [-0.05, 0) is 32.3 Å². The van der Waals surface area contributed by atoms with Crippen LogP contribution in [0, 0.1) is 0 Å². The van der Waals surface area contributed by atoms with Crippen LogP contribution in [0.25, 0.3) is 0 Å². The Kier molecular flexibility index (Phi) is 7.18. The van der Waals surface area contributed by atoms with Crippen molar-refractivity contribution < 1.29 is 9.59 Å². The van der Waals surface area contributed by atoms with Crippen molar-refractivity contribution in [3.05, 3.63) is 24.3 Å². The van der Waals surface area contributed by atoms with E-state index < -0.39 is 0 Å².